The number of nitrogens with one attached hydrogen (secondary N) is 1. The van der Waals surface area contributed by atoms with E-state index in [1.165, 1.54) is 0 Å². The van der Waals surface area contributed by atoms with E-state index >= 15 is 0 Å². The average molecular weight is 229 g/mol. The average Bonchev–Trinajstić information content (AvgIpc) is 2.05. The van der Waals surface area contributed by atoms with Crippen molar-refractivity contribution in [3.8, 4) is 0 Å². The Morgan fingerprint density at radius 3 is 2.23 bits per heavy atom. The first-order chi connectivity index (χ1) is 6.11. The van der Waals surface area contributed by atoms with Crippen LogP contribution in [0.3, 0.4) is 0 Å². The van der Waals surface area contributed by atoms with Crippen molar-refractivity contribution in [2.24, 2.45) is 0 Å². The zero-order valence-electron chi connectivity index (χ0n) is 7.46. The molecule has 0 rings (SSSR count). The fraction of sp³-hybridized carbons (Fsp3) is 0.857. The molecule has 4 nitrogen and oxygen atoms in total. The van der Waals surface area contributed by atoms with Crippen molar-refractivity contribution in [3.05, 3.63) is 0 Å². The number of aliphatic carboxylic acids is 1. The zero-order valence-corrected chi connectivity index (χ0v) is 8.98. The smallest absolute Gasteiger partial charge is 0.321 e. The highest BCUT2D eigenvalue weighted by Crippen LogP contribution is 1.91. The Balaban J connectivity index is 3.85. The Bertz CT molecular complexity index is 151. The summed E-state index contributed by atoms with van der Waals surface area (Å²) in [5, 5.41) is 10.3. The molecule has 0 fully saturated rings. The number of halogens is 2. The molecule has 0 aromatic carbocycles. The highest BCUT2D eigenvalue weighted by molar-refractivity contribution is 6.18. The number of hydrogen-bond donors (Lipinski definition) is 2. The maximum atomic E-state index is 10.5. The lowest BCUT2D eigenvalue weighted by Gasteiger charge is -2.23. The Morgan fingerprint density at radius 1 is 1.46 bits per heavy atom. The molecule has 0 aliphatic carbocycles. The number of hydrogen-bond acceptors (Lipinski definition) is 3. The Labute approximate surface area is 87.8 Å². The maximum absolute atomic E-state index is 10.5. The van der Waals surface area contributed by atoms with E-state index in [9.17, 15) is 4.79 Å². The summed E-state index contributed by atoms with van der Waals surface area (Å²) in [6.07, 6.45) is 0. The van der Waals surface area contributed by atoms with Crippen molar-refractivity contribution >= 4 is 29.2 Å². The standard InChI is InChI=1S/C7H14Cl2N2O2/c1-6(7(12)13)10-11(4-2-8)5-3-9/h6,10H,2-5H2,1H3,(H,12,13)/t6-/m0/s1. The molecule has 6 heteroatoms. The van der Waals surface area contributed by atoms with Gasteiger partial charge >= 0.3 is 5.97 Å². The second-order valence-corrected chi connectivity index (χ2v) is 3.31. The highest BCUT2D eigenvalue weighted by atomic mass is 35.5. The van der Waals surface area contributed by atoms with Crippen LogP contribution in [-0.4, -0.2) is 47.0 Å². The summed E-state index contributed by atoms with van der Waals surface area (Å²) in [6, 6.07) is -0.619. The number of alkyl halides is 2. The lowest BCUT2D eigenvalue weighted by atomic mass is 10.4. The molecule has 0 heterocycles. The lowest BCUT2D eigenvalue weighted by Crippen LogP contribution is -2.48. The molecule has 0 saturated carbocycles. The Kier molecular flexibility index (Phi) is 7.36. The van der Waals surface area contributed by atoms with Crippen molar-refractivity contribution < 1.29 is 9.90 Å². The SMILES string of the molecule is C[C@H](NN(CCCl)CCCl)C(=O)O. The molecule has 0 aliphatic heterocycles. The van der Waals surface area contributed by atoms with Crippen LogP contribution in [0, 0.1) is 0 Å². The molecule has 1 atom stereocenters. The summed E-state index contributed by atoms with van der Waals surface area (Å²) in [5.74, 6) is -0.0129. The summed E-state index contributed by atoms with van der Waals surface area (Å²) in [4.78, 5) is 10.5. The van der Waals surface area contributed by atoms with E-state index in [2.05, 4.69) is 5.43 Å². The van der Waals surface area contributed by atoms with Gasteiger partial charge in [0, 0.05) is 24.8 Å². The molecule has 2 N–H and O–H groups in total. The van der Waals surface area contributed by atoms with Gasteiger partial charge < -0.3 is 5.11 Å². The van der Waals surface area contributed by atoms with Gasteiger partial charge in [0.15, 0.2) is 0 Å². The first-order valence-corrected chi connectivity index (χ1v) is 5.04. The molecule has 0 bridgehead atoms. The molecule has 0 radical (unpaired) electrons. The van der Waals surface area contributed by atoms with Crippen molar-refractivity contribution in [3.63, 3.8) is 0 Å². The summed E-state index contributed by atoms with van der Waals surface area (Å²) < 4.78 is 0. The van der Waals surface area contributed by atoms with Crippen LogP contribution in [0.15, 0.2) is 0 Å². The predicted molar refractivity (Wildman–Crippen MR) is 53.2 cm³/mol. The molecule has 78 valence electrons. The van der Waals surface area contributed by atoms with Gasteiger partial charge in [-0.3, -0.25) is 4.79 Å². The number of carboxylic acids is 1. The van der Waals surface area contributed by atoms with Crippen molar-refractivity contribution in [1.82, 2.24) is 10.4 Å². The molecule has 0 aromatic heterocycles. The maximum Gasteiger partial charge on any atom is 0.321 e. The van der Waals surface area contributed by atoms with E-state index in [4.69, 9.17) is 28.3 Å². The first kappa shape index (κ1) is 13.0. The van der Waals surface area contributed by atoms with Crippen LogP contribution in [0.25, 0.3) is 0 Å². The Morgan fingerprint density at radius 2 is 1.92 bits per heavy atom. The minimum Gasteiger partial charge on any atom is -0.480 e. The normalized spacial score (nSPS) is 13.2. The monoisotopic (exact) mass is 228 g/mol. The van der Waals surface area contributed by atoms with E-state index in [0.717, 1.165) is 0 Å². The van der Waals surface area contributed by atoms with Crippen LogP contribution >= 0.6 is 23.2 Å². The van der Waals surface area contributed by atoms with Gasteiger partial charge in [0.25, 0.3) is 0 Å². The van der Waals surface area contributed by atoms with Gasteiger partial charge in [-0.05, 0) is 6.92 Å². The highest BCUT2D eigenvalue weighted by Gasteiger charge is 2.13. The molecule has 0 amide bonds. The quantitative estimate of drug-likeness (QED) is 0.499. The van der Waals surface area contributed by atoms with Gasteiger partial charge in [-0.25, -0.2) is 10.4 Å². The minimum absolute atomic E-state index is 0.441. The third kappa shape index (κ3) is 6.10. The molecule has 0 unspecified atom stereocenters. The van der Waals surface area contributed by atoms with Crippen LogP contribution in [0.5, 0.6) is 0 Å². The summed E-state index contributed by atoms with van der Waals surface area (Å²) in [6.45, 7) is 2.72. The molecule has 0 aliphatic rings. The molecular weight excluding hydrogens is 215 g/mol. The molecule has 0 aromatic rings. The molecule has 0 spiro atoms. The third-order valence-corrected chi connectivity index (χ3v) is 1.79. The van der Waals surface area contributed by atoms with Crippen LogP contribution in [0.1, 0.15) is 6.92 Å². The van der Waals surface area contributed by atoms with E-state index in [1.807, 2.05) is 0 Å². The van der Waals surface area contributed by atoms with Gasteiger partial charge in [0.1, 0.15) is 6.04 Å². The van der Waals surface area contributed by atoms with Crippen LogP contribution < -0.4 is 5.43 Å². The van der Waals surface area contributed by atoms with Gasteiger partial charge in [-0.1, -0.05) is 0 Å². The van der Waals surface area contributed by atoms with E-state index in [-0.39, 0.29) is 0 Å². The number of carboxylic acid groups (broad SMARTS) is 1. The topological polar surface area (TPSA) is 52.6 Å². The minimum atomic E-state index is -0.894. The molecular formula is C7H14Cl2N2O2. The first-order valence-electron chi connectivity index (χ1n) is 3.97. The van der Waals surface area contributed by atoms with E-state index < -0.39 is 12.0 Å². The van der Waals surface area contributed by atoms with Crippen LogP contribution in [-0.2, 0) is 4.79 Å². The largest absolute Gasteiger partial charge is 0.480 e. The molecule has 13 heavy (non-hydrogen) atoms. The van der Waals surface area contributed by atoms with Gasteiger partial charge in [0.05, 0.1) is 0 Å². The second-order valence-electron chi connectivity index (χ2n) is 2.55. The van der Waals surface area contributed by atoms with Crippen molar-refractivity contribution in [2.75, 3.05) is 24.8 Å². The van der Waals surface area contributed by atoms with Crippen LogP contribution in [0.2, 0.25) is 0 Å². The lowest BCUT2D eigenvalue weighted by molar-refractivity contribution is -0.140. The number of nitrogens with zero attached hydrogens (tertiary/aromatic N) is 1. The third-order valence-electron chi connectivity index (χ3n) is 1.46. The van der Waals surface area contributed by atoms with Gasteiger partial charge in [-0.15, -0.1) is 23.2 Å². The summed E-state index contributed by atoms with van der Waals surface area (Å²) >= 11 is 11.0. The fourth-order valence-electron chi connectivity index (χ4n) is 0.774. The molecule has 0 saturated heterocycles. The van der Waals surface area contributed by atoms with Gasteiger partial charge in [0.2, 0.25) is 0 Å². The Hall–Kier alpha value is -0.0300. The van der Waals surface area contributed by atoms with Crippen LogP contribution in [0.4, 0.5) is 0 Å². The van der Waals surface area contributed by atoms with Crippen molar-refractivity contribution in [1.29, 1.82) is 0 Å². The fourth-order valence-corrected chi connectivity index (χ4v) is 1.18. The number of rotatable bonds is 7. The summed E-state index contributed by atoms with van der Waals surface area (Å²) in [5.41, 5.74) is 2.78. The number of carbonyl (C=O) groups is 1. The zero-order chi connectivity index (χ0) is 10.3. The van der Waals surface area contributed by atoms with E-state index in [0.29, 0.717) is 24.8 Å². The number of hydrazine groups is 1. The second kappa shape index (κ2) is 7.38. The predicted octanol–water partition coefficient (Wildman–Crippen LogP) is 0.744. The van der Waals surface area contributed by atoms with E-state index in [1.54, 1.807) is 11.9 Å². The summed E-state index contributed by atoms with van der Waals surface area (Å²) in [7, 11) is 0. The van der Waals surface area contributed by atoms with Gasteiger partial charge in [-0.2, -0.15) is 0 Å². The van der Waals surface area contributed by atoms with Crippen molar-refractivity contribution in [2.45, 2.75) is 13.0 Å².